The lowest BCUT2D eigenvalue weighted by Gasteiger charge is -2.41. The lowest BCUT2D eigenvalue weighted by Crippen LogP contribution is -2.72. The monoisotopic (exact) mass is 639 g/mol. The topological polar surface area (TPSA) is 47.6 Å². The van der Waals surface area contributed by atoms with Crippen LogP contribution >= 0.6 is 0 Å². The van der Waals surface area contributed by atoms with Gasteiger partial charge in [-0.1, -0.05) is 19.9 Å². The van der Waals surface area contributed by atoms with Gasteiger partial charge in [-0.3, -0.25) is 5.32 Å². The highest BCUT2D eigenvalue weighted by atomic mass is 19.4. The zero-order valence-corrected chi connectivity index (χ0v) is 19.7. The standard InChI is InChI=1S/C20H14F17NO3/c1-8(2)7-40-13(39)38-9-4-3-5-10(6-9)41-12(22)11(21)14(23,24)15(25,26)16(27,28)17(29,30)18(31,32)19(33,34)20(35,36)37/h3-6,8H,7H2,1-2H3,(H,38,39). The molecular formula is C20H14F17NO3. The Morgan fingerprint density at radius 2 is 1.22 bits per heavy atom. The lowest BCUT2D eigenvalue weighted by atomic mass is 9.91. The van der Waals surface area contributed by atoms with Gasteiger partial charge in [0.15, 0.2) is 0 Å². The quantitative estimate of drug-likeness (QED) is 0.195. The number of carbonyl (C=O) groups excluding carboxylic acids is 1. The van der Waals surface area contributed by atoms with E-state index in [1.54, 1.807) is 13.8 Å². The van der Waals surface area contributed by atoms with E-state index in [-0.39, 0.29) is 12.5 Å². The van der Waals surface area contributed by atoms with Crippen LogP contribution in [0.5, 0.6) is 5.75 Å². The first-order chi connectivity index (χ1) is 18.1. The summed E-state index contributed by atoms with van der Waals surface area (Å²) in [6.45, 7) is 3.09. The zero-order valence-electron chi connectivity index (χ0n) is 19.7. The van der Waals surface area contributed by atoms with Gasteiger partial charge in [-0.25, -0.2) is 4.79 Å². The molecule has 0 aliphatic heterocycles. The fourth-order valence-corrected chi connectivity index (χ4v) is 2.41. The number of nitrogens with one attached hydrogen (secondary N) is 1. The Morgan fingerprint density at radius 1 is 0.756 bits per heavy atom. The van der Waals surface area contributed by atoms with Crippen LogP contribution in [0.1, 0.15) is 13.8 Å². The summed E-state index contributed by atoms with van der Waals surface area (Å²) in [6.07, 6.45) is -8.99. The molecule has 0 saturated carbocycles. The van der Waals surface area contributed by atoms with E-state index < -0.39 is 71.1 Å². The van der Waals surface area contributed by atoms with Crippen molar-refractivity contribution in [3.8, 4) is 5.75 Å². The van der Waals surface area contributed by atoms with Gasteiger partial charge in [-0.2, -0.15) is 74.6 Å². The van der Waals surface area contributed by atoms with Gasteiger partial charge in [0.1, 0.15) is 5.75 Å². The molecule has 21 heteroatoms. The first kappa shape index (κ1) is 35.9. The maximum absolute atomic E-state index is 13.9. The van der Waals surface area contributed by atoms with Crippen molar-refractivity contribution in [3.05, 3.63) is 36.1 Å². The number of amides is 1. The van der Waals surface area contributed by atoms with Crippen LogP contribution < -0.4 is 10.1 Å². The number of allylic oxidation sites excluding steroid dienone is 1. The van der Waals surface area contributed by atoms with Crippen molar-refractivity contribution in [3.63, 3.8) is 0 Å². The van der Waals surface area contributed by atoms with E-state index >= 15 is 0 Å². The second kappa shape index (κ2) is 11.3. The second-order valence-corrected chi connectivity index (χ2v) is 8.28. The van der Waals surface area contributed by atoms with Crippen molar-refractivity contribution in [2.24, 2.45) is 5.92 Å². The van der Waals surface area contributed by atoms with Crippen molar-refractivity contribution in [1.82, 2.24) is 0 Å². The Balaban J connectivity index is 3.42. The summed E-state index contributed by atoms with van der Waals surface area (Å²) in [4.78, 5) is 11.6. The summed E-state index contributed by atoms with van der Waals surface area (Å²) in [7, 11) is 0. The number of anilines is 1. The molecule has 0 aliphatic carbocycles. The SMILES string of the molecule is CC(C)COC(=O)Nc1cccc(OC(F)=C(F)C(F)(F)C(F)(F)C(F)(F)C(F)(F)C(F)(F)C(F)(F)C(F)(F)F)c1. The van der Waals surface area contributed by atoms with Crippen molar-refractivity contribution in [1.29, 1.82) is 0 Å². The smallest absolute Gasteiger partial charge is 0.449 e. The fraction of sp³-hybridized carbons (Fsp3) is 0.550. The Morgan fingerprint density at radius 3 is 1.68 bits per heavy atom. The lowest BCUT2D eigenvalue weighted by molar-refractivity contribution is -0.451. The number of rotatable bonds is 11. The summed E-state index contributed by atoms with van der Waals surface area (Å²) in [5.74, 6) is -55.9. The van der Waals surface area contributed by atoms with Crippen molar-refractivity contribution >= 4 is 11.8 Å². The molecule has 0 bridgehead atoms. The zero-order chi connectivity index (χ0) is 32.6. The van der Waals surface area contributed by atoms with Gasteiger partial charge in [0, 0.05) is 11.8 Å². The van der Waals surface area contributed by atoms with Gasteiger partial charge in [0.2, 0.25) is 5.83 Å². The Hall–Kier alpha value is -3.16. The minimum absolute atomic E-state index is 0.142. The highest BCUT2D eigenvalue weighted by molar-refractivity contribution is 5.84. The van der Waals surface area contributed by atoms with E-state index in [4.69, 9.17) is 0 Å². The number of halogens is 17. The number of ether oxygens (including phenoxy) is 2. The number of benzene rings is 1. The van der Waals surface area contributed by atoms with Crippen LogP contribution in [0.25, 0.3) is 0 Å². The van der Waals surface area contributed by atoms with Gasteiger partial charge < -0.3 is 9.47 Å². The van der Waals surface area contributed by atoms with Crippen molar-refractivity contribution < 1.29 is 88.9 Å². The largest absolute Gasteiger partial charge is 0.460 e. The molecule has 0 fully saturated rings. The van der Waals surface area contributed by atoms with E-state index in [0.717, 1.165) is 12.1 Å². The van der Waals surface area contributed by atoms with Crippen LogP contribution in [0, 0.1) is 5.92 Å². The van der Waals surface area contributed by atoms with Gasteiger partial charge in [-0.15, -0.1) is 0 Å². The van der Waals surface area contributed by atoms with Crippen molar-refractivity contribution in [2.45, 2.75) is 55.6 Å². The Kier molecular flexibility index (Phi) is 9.85. The Labute approximate surface area is 217 Å². The number of hydrogen-bond donors (Lipinski definition) is 1. The van der Waals surface area contributed by atoms with Crippen LogP contribution in [-0.2, 0) is 4.74 Å². The summed E-state index contributed by atoms with van der Waals surface area (Å²) in [5.41, 5.74) is -0.444. The molecule has 0 radical (unpaired) electrons. The molecule has 41 heavy (non-hydrogen) atoms. The fourth-order valence-electron chi connectivity index (χ4n) is 2.41. The summed E-state index contributed by atoms with van der Waals surface area (Å²) >= 11 is 0. The van der Waals surface area contributed by atoms with Crippen LogP contribution in [-0.4, -0.2) is 54.4 Å². The average Bonchev–Trinajstić information content (AvgIpc) is 2.81. The first-order valence-electron chi connectivity index (χ1n) is 10.2. The van der Waals surface area contributed by atoms with Crippen LogP contribution in [0.3, 0.4) is 0 Å². The summed E-state index contributed by atoms with van der Waals surface area (Å²) in [5, 5.41) is 1.93. The molecular weight excluding hydrogens is 625 g/mol. The highest BCUT2D eigenvalue weighted by Gasteiger charge is 2.93. The molecule has 1 rings (SSSR count). The molecule has 0 saturated heterocycles. The number of carbonyl (C=O) groups is 1. The normalized spacial score (nSPS) is 15.0. The maximum atomic E-state index is 13.9. The third kappa shape index (κ3) is 6.36. The first-order valence-corrected chi connectivity index (χ1v) is 10.2. The Bertz CT molecular complexity index is 1130. The molecule has 0 unspecified atom stereocenters. The third-order valence-corrected chi connectivity index (χ3v) is 4.61. The average molecular weight is 639 g/mol. The number of hydrogen-bond acceptors (Lipinski definition) is 3. The predicted molar refractivity (Wildman–Crippen MR) is 102 cm³/mol. The third-order valence-electron chi connectivity index (χ3n) is 4.61. The van der Waals surface area contributed by atoms with E-state index in [1.165, 1.54) is 0 Å². The minimum atomic E-state index is -8.67. The van der Waals surface area contributed by atoms with E-state index in [0.29, 0.717) is 12.1 Å². The molecule has 0 aliphatic rings. The molecule has 0 aromatic heterocycles. The summed E-state index contributed by atoms with van der Waals surface area (Å²) in [6, 6.07) is -0.883. The van der Waals surface area contributed by atoms with E-state index in [1.807, 2.05) is 5.32 Å². The number of alkyl halides is 15. The van der Waals surface area contributed by atoms with Gasteiger partial charge in [0.25, 0.3) is 0 Å². The van der Waals surface area contributed by atoms with Gasteiger partial charge in [-0.05, 0) is 18.1 Å². The molecule has 1 amide bonds. The second-order valence-electron chi connectivity index (χ2n) is 8.28. The molecule has 4 nitrogen and oxygen atoms in total. The van der Waals surface area contributed by atoms with Gasteiger partial charge in [0.05, 0.1) is 6.61 Å². The highest BCUT2D eigenvalue weighted by Crippen LogP contribution is 2.63. The molecule has 1 N–H and O–H groups in total. The summed E-state index contributed by atoms with van der Waals surface area (Å²) < 4.78 is 234. The molecule has 0 atom stereocenters. The van der Waals surface area contributed by atoms with Crippen molar-refractivity contribution in [2.75, 3.05) is 11.9 Å². The molecule has 1 aromatic rings. The molecule has 1 aromatic carbocycles. The van der Waals surface area contributed by atoms with E-state index in [9.17, 15) is 79.4 Å². The molecule has 0 heterocycles. The van der Waals surface area contributed by atoms with Crippen LogP contribution in [0.4, 0.5) is 85.1 Å². The predicted octanol–water partition coefficient (Wildman–Crippen LogP) is 8.75. The minimum Gasteiger partial charge on any atom is -0.449 e. The molecule has 0 spiro atoms. The van der Waals surface area contributed by atoms with Gasteiger partial charge >= 0.3 is 53.8 Å². The maximum Gasteiger partial charge on any atom is 0.460 e. The van der Waals surface area contributed by atoms with Crippen LogP contribution in [0.2, 0.25) is 0 Å². The molecule has 236 valence electrons. The van der Waals surface area contributed by atoms with Crippen LogP contribution in [0.15, 0.2) is 36.1 Å². The van der Waals surface area contributed by atoms with E-state index in [2.05, 4.69) is 9.47 Å².